The summed E-state index contributed by atoms with van der Waals surface area (Å²) in [6.07, 6.45) is 1.54. The first-order valence-corrected chi connectivity index (χ1v) is 6.49. The fourth-order valence-electron chi connectivity index (χ4n) is 1.19. The maximum atomic E-state index is 11.3. The molecule has 108 valence electrons. The van der Waals surface area contributed by atoms with Crippen LogP contribution in [-0.2, 0) is 20.9 Å². The van der Waals surface area contributed by atoms with Crippen LogP contribution in [0.25, 0.3) is 0 Å². The van der Waals surface area contributed by atoms with Crippen molar-refractivity contribution in [1.82, 2.24) is 5.32 Å². The van der Waals surface area contributed by atoms with Gasteiger partial charge in [0.05, 0.1) is 16.7 Å². The molecule has 0 atom stereocenters. The summed E-state index contributed by atoms with van der Waals surface area (Å²) >= 11 is 11.6. The second-order valence-electron chi connectivity index (χ2n) is 3.55. The van der Waals surface area contributed by atoms with E-state index < -0.39 is 12.1 Å². The molecule has 0 aromatic heterocycles. The molecule has 1 N–H and O–H groups in total. The monoisotopic (exact) mass is 317 g/mol. The highest BCUT2D eigenvalue weighted by atomic mass is 35.5. The van der Waals surface area contributed by atoms with Crippen molar-refractivity contribution in [3.05, 3.63) is 46.1 Å². The minimum absolute atomic E-state index is 0.0377. The van der Waals surface area contributed by atoms with Crippen molar-refractivity contribution >= 4 is 35.3 Å². The maximum Gasteiger partial charge on any atom is 0.411 e. The number of benzene rings is 1. The van der Waals surface area contributed by atoms with E-state index in [1.807, 2.05) is 0 Å². The van der Waals surface area contributed by atoms with Crippen LogP contribution in [-0.4, -0.2) is 18.7 Å². The number of nitrogens with one attached hydrogen (secondary N) is 1. The Hall–Kier alpha value is -1.72. The second-order valence-corrected chi connectivity index (χ2v) is 4.37. The quantitative estimate of drug-likeness (QED) is 0.668. The molecular weight excluding hydrogens is 305 g/mol. The van der Waals surface area contributed by atoms with Crippen molar-refractivity contribution in [3.63, 3.8) is 0 Å². The molecule has 0 aliphatic carbocycles. The van der Waals surface area contributed by atoms with Crippen molar-refractivity contribution in [3.8, 4) is 0 Å². The van der Waals surface area contributed by atoms with Gasteiger partial charge < -0.3 is 9.47 Å². The zero-order chi connectivity index (χ0) is 15.0. The second kappa shape index (κ2) is 8.45. The molecule has 0 saturated carbocycles. The van der Waals surface area contributed by atoms with E-state index in [-0.39, 0.29) is 13.2 Å². The van der Waals surface area contributed by atoms with Crippen LogP contribution < -0.4 is 5.32 Å². The van der Waals surface area contributed by atoms with Gasteiger partial charge in [0.25, 0.3) is 0 Å². The zero-order valence-electron chi connectivity index (χ0n) is 10.7. The van der Waals surface area contributed by atoms with Crippen molar-refractivity contribution in [1.29, 1.82) is 0 Å². The third-order valence-electron chi connectivity index (χ3n) is 2.06. The van der Waals surface area contributed by atoms with Crippen LogP contribution in [0.3, 0.4) is 0 Å². The van der Waals surface area contributed by atoms with Crippen molar-refractivity contribution in [2.75, 3.05) is 6.61 Å². The minimum Gasteiger partial charge on any atom is -0.463 e. The van der Waals surface area contributed by atoms with Crippen LogP contribution in [0.4, 0.5) is 4.79 Å². The van der Waals surface area contributed by atoms with Crippen LogP contribution in [0.1, 0.15) is 12.5 Å². The van der Waals surface area contributed by atoms with Crippen LogP contribution in [0, 0.1) is 0 Å². The maximum absolute atomic E-state index is 11.3. The summed E-state index contributed by atoms with van der Waals surface area (Å²) < 4.78 is 9.54. The molecule has 0 spiro atoms. The topological polar surface area (TPSA) is 64.6 Å². The van der Waals surface area contributed by atoms with Crippen LogP contribution in [0.5, 0.6) is 0 Å². The Morgan fingerprint density at radius 2 is 2.00 bits per heavy atom. The number of amides is 1. The van der Waals surface area contributed by atoms with Crippen molar-refractivity contribution in [2.45, 2.75) is 13.5 Å². The number of carbonyl (C=O) groups excluding carboxylic acids is 2. The normalized spacial score (nSPS) is 10.3. The summed E-state index contributed by atoms with van der Waals surface area (Å²) in [6.45, 7) is 1.99. The standard InChI is InChI=1S/C13H13Cl2NO4/c1-2-19-12(17)5-6-16-13(18)20-8-9-3-4-10(14)11(15)7-9/h3-7H,2,8H2,1H3,(H,16,18). The minimum atomic E-state index is -0.698. The van der Waals surface area contributed by atoms with Gasteiger partial charge in [0.15, 0.2) is 0 Å². The summed E-state index contributed by atoms with van der Waals surface area (Å²) in [7, 11) is 0. The Labute approximate surface area is 126 Å². The van der Waals surface area contributed by atoms with E-state index in [1.54, 1.807) is 25.1 Å². The third kappa shape index (κ3) is 5.95. The van der Waals surface area contributed by atoms with Gasteiger partial charge in [-0.3, -0.25) is 5.32 Å². The molecule has 0 heterocycles. The third-order valence-corrected chi connectivity index (χ3v) is 2.80. The molecule has 20 heavy (non-hydrogen) atoms. The average molecular weight is 318 g/mol. The van der Waals surface area contributed by atoms with Gasteiger partial charge in [-0.05, 0) is 24.6 Å². The van der Waals surface area contributed by atoms with E-state index in [1.165, 1.54) is 0 Å². The highest BCUT2D eigenvalue weighted by Crippen LogP contribution is 2.22. The fraction of sp³-hybridized carbons (Fsp3) is 0.231. The van der Waals surface area contributed by atoms with Gasteiger partial charge in [0, 0.05) is 12.3 Å². The molecule has 5 nitrogen and oxygen atoms in total. The van der Waals surface area contributed by atoms with E-state index >= 15 is 0 Å². The fourth-order valence-corrected chi connectivity index (χ4v) is 1.51. The highest BCUT2D eigenvalue weighted by Gasteiger charge is 2.03. The van der Waals surface area contributed by atoms with Gasteiger partial charge in [-0.2, -0.15) is 0 Å². The van der Waals surface area contributed by atoms with Crippen LogP contribution >= 0.6 is 23.2 Å². The van der Waals surface area contributed by atoms with Gasteiger partial charge >= 0.3 is 12.1 Å². The van der Waals surface area contributed by atoms with Crippen LogP contribution in [0.15, 0.2) is 30.5 Å². The molecule has 0 unspecified atom stereocenters. The first-order valence-electron chi connectivity index (χ1n) is 5.73. The smallest absolute Gasteiger partial charge is 0.411 e. The Bertz CT molecular complexity index is 517. The number of ether oxygens (including phenoxy) is 2. The number of esters is 1. The first-order chi connectivity index (χ1) is 9.52. The molecule has 0 radical (unpaired) electrons. The number of hydrogen-bond acceptors (Lipinski definition) is 4. The summed E-state index contributed by atoms with van der Waals surface area (Å²) in [5.74, 6) is -0.544. The van der Waals surface area contributed by atoms with Crippen LogP contribution in [0.2, 0.25) is 10.0 Å². The number of halogens is 2. The van der Waals surface area contributed by atoms with Gasteiger partial charge in [-0.25, -0.2) is 9.59 Å². The highest BCUT2D eigenvalue weighted by molar-refractivity contribution is 6.42. The van der Waals surface area contributed by atoms with Crippen molar-refractivity contribution in [2.24, 2.45) is 0 Å². The number of carbonyl (C=O) groups is 2. The largest absolute Gasteiger partial charge is 0.463 e. The molecule has 0 saturated heterocycles. The number of hydrogen-bond donors (Lipinski definition) is 1. The van der Waals surface area contributed by atoms with E-state index in [4.69, 9.17) is 27.9 Å². The molecule has 0 bridgehead atoms. The predicted octanol–water partition coefficient (Wildman–Crippen LogP) is 3.30. The number of rotatable bonds is 5. The number of alkyl carbamates (subject to hydrolysis) is 1. The average Bonchev–Trinajstić information content (AvgIpc) is 2.40. The zero-order valence-corrected chi connectivity index (χ0v) is 12.2. The van der Waals surface area contributed by atoms with Gasteiger partial charge in [-0.1, -0.05) is 29.3 Å². The Morgan fingerprint density at radius 3 is 2.65 bits per heavy atom. The molecule has 0 aliphatic heterocycles. The molecule has 7 heteroatoms. The molecule has 1 aromatic rings. The van der Waals surface area contributed by atoms with Crippen molar-refractivity contribution < 1.29 is 19.1 Å². The lowest BCUT2D eigenvalue weighted by Gasteiger charge is -2.05. The SMILES string of the molecule is CCOC(=O)C=CNC(=O)OCc1ccc(Cl)c(Cl)c1. The Balaban J connectivity index is 2.36. The summed E-state index contributed by atoms with van der Waals surface area (Å²) in [4.78, 5) is 22.3. The van der Waals surface area contributed by atoms with E-state index in [0.29, 0.717) is 15.6 Å². The molecular formula is C13H13Cl2NO4. The summed E-state index contributed by atoms with van der Waals surface area (Å²) in [6, 6.07) is 4.91. The Morgan fingerprint density at radius 1 is 1.25 bits per heavy atom. The Kier molecular flexibility index (Phi) is 6.90. The molecule has 1 aromatic carbocycles. The lowest BCUT2D eigenvalue weighted by atomic mass is 10.2. The van der Waals surface area contributed by atoms with E-state index in [2.05, 4.69) is 10.1 Å². The van der Waals surface area contributed by atoms with Gasteiger partial charge in [-0.15, -0.1) is 0 Å². The molecule has 1 rings (SSSR count). The predicted molar refractivity (Wildman–Crippen MR) is 75.6 cm³/mol. The van der Waals surface area contributed by atoms with Gasteiger partial charge in [0.1, 0.15) is 6.61 Å². The summed E-state index contributed by atoms with van der Waals surface area (Å²) in [5.41, 5.74) is 0.698. The summed E-state index contributed by atoms with van der Waals surface area (Å²) in [5, 5.41) is 3.08. The van der Waals surface area contributed by atoms with E-state index in [9.17, 15) is 9.59 Å². The van der Waals surface area contributed by atoms with E-state index in [0.717, 1.165) is 12.3 Å². The lowest BCUT2D eigenvalue weighted by Crippen LogP contribution is -2.18. The van der Waals surface area contributed by atoms with Gasteiger partial charge in [0.2, 0.25) is 0 Å². The molecule has 1 amide bonds. The molecule has 0 fully saturated rings. The first kappa shape index (κ1) is 16.3. The lowest BCUT2D eigenvalue weighted by molar-refractivity contribution is -0.137. The molecule has 0 aliphatic rings.